The highest BCUT2D eigenvalue weighted by molar-refractivity contribution is 5.80. The van der Waals surface area contributed by atoms with E-state index in [1.54, 1.807) is 37.5 Å². The third-order valence-corrected chi connectivity index (χ3v) is 2.36. The molecule has 0 aliphatic rings. The number of carboxylic acids is 1. The number of fused-ring (bicyclic) bond motifs is 1. The van der Waals surface area contributed by atoms with Crippen molar-refractivity contribution < 1.29 is 9.90 Å². The molecule has 1 aromatic heterocycles. The van der Waals surface area contributed by atoms with Gasteiger partial charge in [-0.25, -0.2) is 0 Å². The zero-order valence-electron chi connectivity index (χ0n) is 8.21. The van der Waals surface area contributed by atoms with E-state index in [1.165, 1.54) is 0 Å². The quantitative estimate of drug-likeness (QED) is 0.806. The van der Waals surface area contributed by atoms with Crippen molar-refractivity contribution in [1.29, 1.82) is 0 Å². The van der Waals surface area contributed by atoms with Gasteiger partial charge in [0, 0.05) is 12.4 Å². The van der Waals surface area contributed by atoms with Gasteiger partial charge in [0.25, 0.3) is 0 Å². The molecule has 15 heavy (non-hydrogen) atoms. The summed E-state index contributed by atoms with van der Waals surface area (Å²) in [5.74, 6) is -1.35. The van der Waals surface area contributed by atoms with Crippen molar-refractivity contribution in [3.8, 4) is 0 Å². The van der Waals surface area contributed by atoms with E-state index in [-0.39, 0.29) is 0 Å². The van der Waals surface area contributed by atoms with E-state index in [4.69, 9.17) is 5.11 Å². The molecule has 2 rings (SSSR count). The van der Waals surface area contributed by atoms with Crippen LogP contribution in [0.3, 0.4) is 0 Å². The lowest BCUT2D eigenvalue weighted by atomic mass is 10.0. The number of hydrogen-bond acceptors (Lipinski definition) is 3. The van der Waals surface area contributed by atoms with Gasteiger partial charge in [-0.15, -0.1) is 0 Å². The number of benzene rings is 1. The minimum absolute atomic E-state index is 0.517. The Balaban J connectivity index is 2.51. The van der Waals surface area contributed by atoms with E-state index in [2.05, 4.69) is 9.97 Å². The second-order valence-electron chi connectivity index (χ2n) is 3.36. The molecular weight excluding hydrogens is 192 g/mol. The first-order valence-electron chi connectivity index (χ1n) is 4.62. The summed E-state index contributed by atoms with van der Waals surface area (Å²) < 4.78 is 0. The molecule has 0 aliphatic heterocycles. The van der Waals surface area contributed by atoms with Crippen LogP contribution in [0.4, 0.5) is 0 Å². The minimum atomic E-state index is -0.835. The lowest BCUT2D eigenvalue weighted by molar-refractivity contribution is -0.138. The van der Waals surface area contributed by atoms with Crippen LogP contribution in [-0.2, 0) is 4.79 Å². The molecule has 1 heterocycles. The number of carboxylic acid groups (broad SMARTS) is 1. The van der Waals surface area contributed by atoms with Crippen molar-refractivity contribution in [2.75, 3.05) is 0 Å². The fourth-order valence-electron chi connectivity index (χ4n) is 1.39. The summed E-state index contributed by atoms with van der Waals surface area (Å²) in [5, 5.41) is 8.87. The summed E-state index contributed by atoms with van der Waals surface area (Å²) in [6.07, 6.45) is 3.21. The van der Waals surface area contributed by atoms with Gasteiger partial charge in [0.1, 0.15) is 0 Å². The first-order chi connectivity index (χ1) is 7.18. The number of rotatable bonds is 2. The first kappa shape index (κ1) is 9.58. The Kier molecular flexibility index (Phi) is 2.33. The SMILES string of the molecule is CC(C(=O)O)c1ccc2nccnc2c1. The molecule has 0 spiro atoms. The highest BCUT2D eigenvalue weighted by Crippen LogP contribution is 2.19. The van der Waals surface area contributed by atoms with Gasteiger partial charge in [-0.3, -0.25) is 14.8 Å². The Morgan fingerprint density at radius 2 is 1.93 bits per heavy atom. The highest BCUT2D eigenvalue weighted by Gasteiger charge is 2.13. The van der Waals surface area contributed by atoms with E-state index in [0.29, 0.717) is 0 Å². The van der Waals surface area contributed by atoms with Crippen LogP contribution < -0.4 is 0 Å². The van der Waals surface area contributed by atoms with Crippen molar-refractivity contribution in [2.45, 2.75) is 12.8 Å². The monoisotopic (exact) mass is 202 g/mol. The fraction of sp³-hybridized carbons (Fsp3) is 0.182. The summed E-state index contributed by atoms with van der Waals surface area (Å²) in [5.41, 5.74) is 2.25. The molecule has 0 bridgehead atoms. The molecule has 1 atom stereocenters. The van der Waals surface area contributed by atoms with Gasteiger partial charge in [-0.05, 0) is 24.6 Å². The predicted molar refractivity (Wildman–Crippen MR) is 55.6 cm³/mol. The summed E-state index contributed by atoms with van der Waals surface area (Å²) in [6.45, 7) is 1.65. The molecule has 0 saturated carbocycles. The minimum Gasteiger partial charge on any atom is -0.481 e. The van der Waals surface area contributed by atoms with Crippen LogP contribution in [0.1, 0.15) is 18.4 Å². The standard InChI is InChI=1S/C11H10N2O2/c1-7(11(14)15)8-2-3-9-10(6-8)13-5-4-12-9/h2-7H,1H3,(H,14,15). The van der Waals surface area contributed by atoms with Crippen LogP contribution in [0, 0.1) is 0 Å². The number of aromatic nitrogens is 2. The zero-order chi connectivity index (χ0) is 10.8. The van der Waals surface area contributed by atoms with E-state index in [9.17, 15) is 4.79 Å². The molecule has 4 heteroatoms. The molecule has 0 fully saturated rings. The predicted octanol–water partition coefficient (Wildman–Crippen LogP) is 1.82. The van der Waals surface area contributed by atoms with Crippen molar-refractivity contribution >= 4 is 17.0 Å². The van der Waals surface area contributed by atoms with Crippen molar-refractivity contribution in [2.24, 2.45) is 0 Å². The maximum atomic E-state index is 10.8. The second kappa shape index (κ2) is 3.65. The normalized spacial score (nSPS) is 12.6. The van der Waals surface area contributed by atoms with Gasteiger partial charge in [-0.2, -0.15) is 0 Å². The zero-order valence-corrected chi connectivity index (χ0v) is 8.21. The van der Waals surface area contributed by atoms with E-state index >= 15 is 0 Å². The molecule has 0 radical (unpaired) electrons. The lowest BCUT2D eigenvalue weighted by Crippen LogP contribution is -2.07. The Hall–Kier alpha value is -1.97. The lowest BCUT2D eigenvalue weighted by Gasteiger charge is -2.06. The van der Waals surface area contributed by atoms with Crippen molar-refractivity contribution in [3.63, 3.8) is 0 Å². The van der Waals surface area contributed by atoms with Gasteiger partial charge in [0.15, 0.2) is 0 Å². The van der Waals surface area contributed by atoms with E-state index in [0.717, 1.165) is 16.6 Å². The van der Waals surface area contributed by atoms with Crippen LogP contribution in [0.2, 0.25) is 0 Å². The summed E-state index contributed by atoms with van der Waals surface area (Å²) in [4.78, 5) is 19.0. The fourth-order valence-corrected chi connectivity index (χ4v) is 1.39. The molecular formula is C11H10N2O2. The van der Waals surface area contributed by atoms with Crippen LogP contribution in [0.15, 0.2) is 30.6 Å². The second-order valence-corrected chi connectivity index (χ2v) is 3.36. The van der Waals surface area contributed by atoms with Crippen molar-refractivity contribution in [1.82, 2.24) is 9.97 Å². The molecule has 2 aromatic rings. The summed E-state index contributed by atoms with van der Waals surface area (Å²) in [7, 11) is 0. The number of hydrogen-bond donors (Lipinski definition) is 1. The Morgan fingerprint density at radius 3 is 2.60 bits per heavy atom. The molecule has 76 valence electrons. The van der Waals surface area contributed by atoms with Gasteiger partial charge in [0.2, 0.25) is 0 Å². The van der Waals surface area contributed by atoms with Gasteiger partial charge in [-0.1, -0.05) is 6.07 Å². The maximum Gasteiger partial charge on any atom is 0.310 e. The third kappa shape index (κ3) is 1.79. The highest BCUT2D eigenvalue weighted by atomic mass is 16.4. The number of aliphatic carboxylic acids is 1. The van der Waals surface area contributed by atoms with Crippen LogP contribution in [0.25, 0.3) is 11.0 Å². The van der Waals surface area contributed by atoms with Gasteiger partial charge < -0.3 is 5.11 Å². The topological polar surface area (TPSA) is 63.1 Å². The molecule has 1 aromatic carbocycles. The maximum absolute atomic E-state index is 10.8. The third-order valence-electron chi connectivity index (χ3n) is 2.36. The largest absolute Gasteiger partial charge is 0.481 e. The van der Waals surface area contributed by atoms with Crippen LogP contribution in [-0.4, -0.2) is 21.0 Å². The Bertz CT molecular complexity index is 511. The van der Waals surface area contributed by atoms with E-state index in [1.807, 2.05) is 0 Å². The number of nitrogens with zero attached hydrogens (tertiary/aromatic N) is 2. The average Bonchev–Trinajstić information content (AvgIpc) is 2.27. The smallest absolute Gasteiger partial charge is 0.310 e. The van der Waals surface area contributed by atoms with Gasteiger partial charge >= 0.3 is 5.97 Å². The van der Waals surface area contributed by atoms with Crippen LogP contribution >= 0.6 is 0 Å². The molecule has 0 saturated heterocycles. The molecule has 4 nitrogen and oxygen atoms in total. The molecule has 1 N–H and O–H groups in total. The van der Waals surface area contributed by atoms with Crippen LogP contribution in [0.5, 0.6) is 0 Å². The summed E-state index contributed by atoms with van der Waals surface area (Å²) in [6, 6.07) is 5.33. The summed E-state index contributed by atoms with van der Waals surface area (Å²) >= 11 is 0. The van der Waals surface area contributed by atoms with E-state index < -0.39 is 11.9 Å². The van der Waals surface area contributed by atoms with Crippen molar-refractivity contribution in [3.05, 3.63) is 36.2 Å². The Labute approximate surface area is 86.6 Å². The first-order valence-corrected chi connectivity index (χ1v) is 4.62. The molecule has 1 unspecified atom stereocenters. The number of carbonyl (C=O) groups is 1. The average molecular weight is 202 g/mol. The van der Waals surface area contributed by atoms with Gasteiger partial charge in [0.05, 0.1) is 17.0 Å². The molecule has 0 aliphatic carbocycles. The Morgan fingerprint density at radius 1 is 1.27 bits per heavy atom. The molecule has 0 amide bonds.